The second-order valence-corrected chi connectivity index (χ2v) is 4.96. The lowest BCUT2D eigenvalue weighted by molar-refractivity contribution is 0.166. The number of aliphatic hydroxyl groups excluding tert-OH is 1. The van der Waals surface area contributed by atoms with Crippen molar-refractivity contribution in [3.63, 3.8) is 0 Å². The van der Waals surface area contributed by atoms with Gasteiger partial charge in [-0.3, -0.25) is 0 Å². The van der Waals surface area contributed by atoms with Crippen LogP contribution >= 0.6 is 0 Å². The van der Waals surface area contributed by atoms with Crippen LogP contribution in [0.25, 0.3) is 0 Å². The number of urea groups is 1. The number of hydrogen-bond acceptors (Lipinski definition) is 4. The van der Waals surface area contributed by atoms with Gasteiger partial charge in [-0.15, -0.1) is 0 Å². The van der Waals surface area contributed by atoms with Crippen LogP contribution in [0.15, 0.2) is 18.2 Å². The first-order valence-corrected chi connectivity index (χ1v) is 6.86. The van der Waals surface area contributed by atoms with Crippen LogP contribution in [0.1, 0.15) is 12.8 Å². The molecule has 2 heterocycles. The lowest BCUT2D eigenvalue weighted by Gasteiger charge is -2.24. The Kier molecular flexibility index (Phi) is 3.64. The van der Waals surface area contributed by atoms with Crippen LogP contribution in [0, 0.1) is 0 Å². The number of ether oxygens (including phenoxy) is 2. The van der Waals surface area contributed by atoms with Crippen molar-refractivity contribution in [2.24, 2.45) is 0 Å². The average molecular weight is 278 g/mol. The van der Waals surface area contributed by atoms with Gasteiger partial charge in [0, 0.05) is 18.3 Å². The van der Waals surface area contributed by atoms with E-state index in [1.54, 1.807) is 23.1 Å². The standard InChI is InChI=1S/C14H18N2O4/c17-9-11-2-1-5-16(11)14(18)15-10-3-4-12-13(8-10)20-7-6-19-12/h3-4,8,11,17H,1-2,5-7,9H2,(H,15,18)/t11-/m1/s1. The number of hydrogen-bond donors (Lipinski definition) is 2. The number of aliphatic hydroxyl groups is 1. The maximum absolute atomic E-state index is 12.2. The van der Waals surface area contributed by atoms with E-state index in [1.165, 1.54) is 0 Å². The van der Waals surface area contributed by atoms with Crippen molar-refractivity contribution in [3.8, 4) is 11.5 Å². The molecule has 2 aliphatic heterocycles. The van der Waals surface area contributed by atoms with Gasteiger partial charge in [-0.1, -0.05) is 0 Å². The molecule has 2 aliphatic rings. The molecule has 0 aromatic heterocycles. The van der Waals surface area contributed by atoms with E-state index in [2.05, 4.69) is 5.32 Å². The van der Waals surface area contributed by atoms with Crippen LogP contribution in [0.5, 0.6) is 11.5 Å². The number of carbonyl (C=O) groups excluding carboxylic acids is 1. The monoisotopic (exact) mass is 278 g/mol. The van der Waals surface area contributed by atoms with Crippen LogP contribution in [0.4, 0.5) is 10.5 Å². The van der Waals surface area contributed by atoms with Crippen LogP contribution in [0.3, 0.4) is 0 Å². The molecule has 1 saturated heterocycles. The van der Waals surface area contributed by atoms with E-state index in [1.807, 2.05) is 0 Å². The highest BCUT2D eigenvalue weighted by Crippen LogP contribution is 2.32. The predicted molar refractivity (Wildman–Crippen MR) is 73.3 cm³/mol. The summed E-state index contributed by atoms with van der Waals surface area (Å²) in [6.45, 7) is 1.75. The normalized spacial score (nSPS) is 20.9. The third-order valence-electron chi connectivity index (χ3n) is 3.64. The fourth-order valence-electron chi connectivity index (χ4n) is 2.61. The van der Waals surface area contributed by atoms with Gasteiger partial charge >= 0.3 is 6.03 Å². The zero-order valence-corrected chi connectivity index (χ0v) is 11.2. The highest BCUT2D eigenvalue weighted by molar-refractivity contribution is 5.90. The number of amides is 2. The van der Waals surface area contributed by atoms with Crippen molar-refractivity contribution in [2.75, 3.05) is 31.7 Å². The number of nitrogens with zero attached hydrogens (tertiary/aromatic N) is 1. The molecular weight excluding hydrogens is 260 g/mol. The summed E-state index contributed by atoms with van der Waals surface area (Å²) in [7, 11) is 0. The molecule has 2 N–H and O–H groups in total. The Hall–Kier alpha value is -1.95. The van der Waals surface area contributed by atoms with Gasteiger partial charge in [0.05, 0.1) is 12.6 Å². The van der Waals surface area contributed by atoms with Crippen molar-refractivity contribution in [2.45, 2.75) is 18.9 Å². The third-order valence-corrected chi connectivity index (χ3v) is 3.64. The molecule has 6 nitrogen and oxygen atoms in total. The maximum atomic E-state index is 12.2. The van der Waals surface area contributed by atoms with Crippen molar-refractivity contribution in [1.82, 2.24) is 4.90 Å². The fourth-order valence-corrected chi connectivity index (χ4v) is 2.61. The topological polar surface area (TPSA) is 71.0 Å². The van der Waals surface area contributed by atoms with Gasteiger partial charge in [0.25, 0.3) is 0 Å². The molecule has 20 heavy (non-hydrogen) atoms. The number of fused-ring (bicyclic) bond motifs is 1. The van der Waals surface area contributed by atoms with Gasteiger partial charge in [-0.2, -0.15) is 0 Å². The molecular formula is C14H18N2O4. The van der Waals surface area contributed by atoms with E-state index in [-0.39, 0.29) is 18.7 Å². The minimum Gasteiger partial charge on any atom is -0.486 e. The van der Waals surface area contributed by atoms with E-state index in [0.717, 1.165) is 12.8 Å². The fraction of sp³-hybridized carbons (Fsp3) is 0.500. The molecule has 3 rings (SSSR count). The molecule has 1 aromatic carbocycles. The highest BCUT2D eigenvalue weighted by Gasteiger charge is 2.28. The molecule has 6 heteroatoms. The summed E-state index contributed by atoms with van der Waals surface area (Å²) in [6, 6.07) is 5.08. The van der Waals surface area contributed by atoms with Crippen LogP contribution < -0.4 is 14.8 Å². The number of nitrogens with one attached hydrogen (secondary N) is 1. The molecule has 2 amide bonds. The van der Waals surface area contributed by atoms with E-state index >= 15 is 0 Å². The Balaban J connectivity index is 1.69. The predicted octanol–water partition coefficient (Wildman–Crippen LogP) is 1.45. The summed E-state index contributed by atoms with van der Waals surface area (Å²) in [5.41, 5.74) is 0.669. The van der Waals surface area contributed by atoms with Crippen molar-refractivity contribution < 1.29 is 19.4 Å². The van der Waals surface area contributed by atoms with Crippen molar-refractivity contribution in [3.05, 3.63) is 18.2 Å². The lowest BCUT2D eigenvalue weighted by Crippen LogP contribution is -2.40. The third kappa shape index (κ3) is 2.51. The van der Waals surface area contributed by atoms with E-state index in [9.17, 15) is 9.90 Å². The first-order valence-electron chi connectivity index (χ1n) is 6.86. The van der Waals surface area contributed by atoms with E-state index < -0.39 is 0 Å². The summed E-state index contributed by atoms with van der Waals surface area (Å²) >= 11 is 0. The molecule has 0 bridgehead atoms. The lowest BCUT2D eigenvalue weighted by atomic mass is 10.2. The van der Waals surface area contributed by atoms with Crippen LogP contribution in [-0.2, 0) is 0 Å². The van der Waals surface area contributed by atoms with E-state index in [4.69, 9.17) is 9.47 Å². The zero-order chi connectivity index (χ0) is 13.9. The number of carbonyl (C=O) groups is 1. The summed E-state index contributed by atoms with van der Waals surface area (Å²) in [6.07, 6.45) is 1.78. The Morgan fingerprint density at radius 2 is 2.15 bits per heavy atom. The van der Waals surface area contributed by atoms with Crippen LogP contribution in [0.2, 0.25) is 0 Å². The quantitative estimate of drug-likeness (QED) is 0.859. The van der Waals surface area contributed by atoms with Crippen LogP contribution in [-0.4, -0.2) is 48.4 Å². The van der Waals surface area contributed by atoms with Gasteiger partial charge < -0.3 is 24.8 Å². The summed E-state index contributed by atoms with van der Waals surface area (Å²) in [4.78, 5) is 13.9. The number of benzene rings is 1. The molecule has 1 fully saturated rings. The first kappa shape index (κ1) is 13.1. The van der Waals surface area contributed by atoms with Crippen molar-refractivity contribution >= 4 is 11.7 Å². The number of rotatable bonds is 2. The molecule has 0 spiro atoms. The van der Waals surface area contributed by atoms with Gasteiger partial charge in [0.1, 0.15) is 13.2 Å². The smallest absolute Gasteiger partial charge is 0.322 e. The van der Waals surface area contributed by atoms with Gasteiger partial charge in [0.2, 0.25) is 0 Å². The number of anilines is 1. The zero-order valence-electron chi connectivity index (χ0n) is 11.2. The summed E-state index contributed by atoms with van der Waals surface area (Å²) < 4.78 is 10.9. The highest BCUT2D eigenvalue weighted by atomic mass is 16.6. The Labute approximate surface area is 117 Å². The van der Waals surface area contributed by atoms with Gasteiger partial charge in [-0.25, -0.2) is 4.79 Å². The molecule has 0 aliphatic carbocycles. The first-order chi connectivity index (χ1) is 9.78. The Morgan fingerprint density at radius 3 is 2.95 bits per heavy atom. The molecule has 1 atom stereocenters. The Morgan fingerprint density at radius 1 is 1.35 bits per heavy atom. The SMILES string of the molecule is O=C(Nc1ccc2c(c1)OCCO2)N1CCC[C@@H]1CO. The van der Waals surface area contributed by atoms with E-state index in [0.29, 0.717) is 36.9 Å². The Bertz CT molecular complexity index is 506. The van der Waals surface area contributed by atoms with Gasteiger partial charge in [-0.05, 0) is 25.0 Å². The van der Waals surface area contributed by atoms with Crippen molar-refractivity contribution in [1.29, 1.82) is 0 Å². The minimum atomic E-state index is -0.182. The molecule has 0 unspecified atom stereocenters. The largest absolute Gasteiger partial charge is 0.486 e. The summed E-state index contributed by atoms with van der Waals surface area (Å²) in [5, 5.41) is 12.1. The maximum Gasteiger partial charge on any atom is 0.322 e. The minimum absolute atomic E-state index is 0.00849. The second-order valence-electron chi connectivity index (χ2n) is 4.96. The second kappa shape index (κ2) is 5.58. The molecule has 0 saturated carbocycles. The van der Waals surface area contributed by atoms with Gasteiger partial charge in [0.15, 0.2) is 11.5 Å². The number of likely N-dealkylation sites (tertiary alicyclic amines) is 1. The summed E-state index contributed by atoms with van der Waals surface area (Å²) in [5.74, 6) is 1.35. The molecule has 108 valence electrons. The average Bonchev–Trinajstić information content (AvgIpc) is 2.95. The molecule has 0 radical (unpaired) electrons. The molecule has 1 aromatic rings.